The molecule has 0 aliphatic heterocycles. The number of nitrogens with one attached hydrogen (secondary N) is 2. The van der Waals surface area contributed by atoms with Crippen LogP contribution in [-0.4, -0.2) is 17.3 Å². The molecule has 1 heterocycles. The number of ether oxygens (including phenoxy) is 1. The number of halogens is 1. The zero-order chi connectivity index (χ0) is 14.5. The summed E-state index contributed by atoms with van der Waals surface area (Å²) in [4.78, 5) is 11.4. The van der Waals surface area contributed by atoms with Crippen molar-refractivity contribution in [2.24, 2.45) is 0 Å². The van der Waals surface area contributed by atoms with Crippen LogP contribution in [0.15, 0.2) is 35.3 Å². The molecule has 1 atom stereocenters. The van der Waals surface area contributed by atoms with Gasteiger partial charge in [0.1, 0.15) is 10.8 Å². The summed E-state index contributed by atoms with van der Waals surface area (Å²) in [5, 5.41) is 9.39. The number of benzene rings is 1. The van der Waals surface area contributed by atoms with Crippen molar-refractivity contribution in [2.75, 3.05) is 12.4 Å². The standard InChI is InChI=1S/C14H16ClN3O2/c1-3-11(9-4-6-10(20-2)7-5-9)17-12-8-16-18-14(19)13(12)15/h4-8,11H,3H2,1-2H3,(H2,17,18,19). The fourth-order valence-electron chi connectivity index (χ4n) is 1.93. The number of hydrogen-bond donors (Lipinski definition) is 2. The molecule has 1 unspecified atom stereocenters. The van der Waals surface area contributed by atoms with Gasteiger partial charge < -0.3 is 10.1 Å². The van der Waals surface area contributed by atoms with Crippen LogP contribution < -0.4 is 15.6 Å². The molecule has 5 nitrogen and oxygen atoms in total. The van der Waals surface area contributed by atoms with Crippen molar-refractivity contribution in [3.05, 3.63) is 51.4 Å². The zero-order valence-electron chi connectivity index (χ0n) is 11.3. The fraction of sp³-hybridized carbons (Fsp3) is 0.286. The van der Waals surface area contributed by atoms with Crippen LogP contribution in [0.25, 0.3) is 0 Å². The summed E-state index contributed by atoms with van der Waals surface area (Å²) < 4.78 is 5.14. The lowest BCUT2D eigenvalue weighted by molar-refractivity contribution is 0.414. The normalized spacial score (nSPS) is 11.9. The maximum atomic E-state index is 11.4. The molecule has 2 N–H and O–H groups in total. The van der Waals surface area contributed by atoms with Crippen molar-refractivity contribution in [1.82, 2.24) is 10.2 Å². The molecule has 1 aromatic carbocycles. The van der Waals surface area contributed by atoms with Crippen LogP contribution in [-0.2, 0) is 0 Å². The molecule has 0 spiro atoms. The average molecular weight is 294 g/mol. The van der Waals surface area contributed by atoms with E-state index in [2.05, 4.69) is 22.4 Å². The summed E-state index contributed by atoms with van der Waals surface area (Å²) in [5.41, 5.74) is 1.21. The molecule has 0 amide bonds. The van der Waals surface area contributed by atoms with Gasteiger partial charge in [-0.2, -0.15) is 5.10 Å². The molecule has 6 heteroatoms. The molecule has 0 bridgehead atoms. The van der Waals surface area contributed by atoms with Crippen LogP contribution in [0.1, 0.15) is 24.9 Å². The van der Waals surface area contributed by atoms with E-state index in [1.165, 1.54) is 6.20 Å². The molecule has 1 aromatic heterocycles. The fourth-order valence-corrected chi connectivity index (χ4v) is 2.07. The van der Waals surface area contributed by atoms with Crippen molar-refractivity contribution >= 4 is 17.3 Å². The van der Waals surface area contributed by atoms with Gasteiger partial charge in [-0.05, 0) is 24.1 Å². The third kappa shape index (κ3) is 3.11. The van der Waals surface area contributed by atoms with Crippen LogP contribution in [0.5, 0.6) is 5.75 Å². The van der Waals surface area contributed by atoms with Gasteiger partial charge in [0.2, 0.25) is 0 Å². The molecule has 0 fully saturated rings. The molecule has 0 aliphatic rings. The molecule has 20 heavy (non-hydrogen) atoms. The minimum absolute atomic E-state index is 0.0435. The Hall–Kier alpha value is -2.01. The Morgan fingerprint density at radius 2 is 2.10 bits per heavy atom. The molecule has 0 saturated heterocycles. The summed E-state index contributed by atoms with van der Waals surface area (Å²) in [6.45, 7) is 2.05. The lowest BCUT2D eigenvalue weighted by atomic mass is 10.0. The van der Waals surface area contributed by atoms with Crippen LogP contribution in [0.2, 0.25) is 5.02 Å². The predicted molar refractivity (Wildman–Crippen MR) is 79.5 cm³/mol. The summed E-state index contributed by atoms with van der Waals surface area (Å²) in [5.74, 6) is 0.805. The van der Waals surface area contributed by atoms with Crippen molar-refractivity contribution < 1.29 is 4.74 Å². The maximum Gasteiger partial charge on any atom is 0.285 e. The number of nitrogens with zero attached hydrogens (tertiary/aromatic N) is 1. The summed E-state index contributed by atoms with van der Waals surface area (Å²) in [6.07, 6.45) is 2.35. The quantitative estimate of drug-likeness (QED) is 0.889. The van der Waals surface area contributed by atoms with Crippen molar-refractivity contribution in [1.29, 1.82) is 0 Å². The Balaban J connectivity index is 2.24. The highest BCUT2D eigenvalue weighted by molar-refractivity contribution is 6.32. The van der Waals surface area contributed by atoms with E-state index in [9.17, 15) is 4.79 Å². The van der Waals surface area contributed by atoms with E-state index in [-0.39, 0.29) is 11.1 Å². The number of H-pyrrole nitrogens is 1. The minimum Gasteiger partial charge on any atom is -0.497 e. The van der Waals surface area contributed by atoms with Gasteiger partial charge >= 0.3 is 0 Å². The lowest BCUT2D eigenvalue weighted by Crippen LogP contribution is -2.15. The van der Waals surface area contributed by atoms with Gasteiger partial charge in [0.15, 0.2) is 0 Å². The highest BCUT2D eigenvalue weighted by Crippen LogP contribution is 2.26. The van der Waals surface area contributed by atoms with Gasteiger partial charge in [-0.3, -0.25) is 4.79 Å². The van der Waals surface area contributed by atoms with E-state index in [0.29, 0.717) is 5.69 Å². The first-order valence-electron chi connectivity index (χ1n) is 6.29. The highest BCUT2D eigenvalue weighted by atomic mass is 35.5. The van der Waals surface area contributed by atoms with E-state index in [1.54, 1.807) is 7.11 Å². The smallest absolute Gasteiger partial charge is 0.285 e. The number of methoxy groups -OCH3 is 1. The van der Waals surface area contributed by atoms with Crippen LogP contribution >= 0.6 is 11.6 Å². The van der Waals surface area contributed by atoms with Gasteiger partial charge in [0.05, 0.1) is 25.0 Å². The van der Waals surface area contributed by atoms with Crippen molar-refractivity contribution in [2.45, 2.75) is 19.4 Å². The van der Waals surface area contributed by atoms with Gasteiger partial charge in [-0.1, -0.05) is 30.7 Å². The van der Waals surface area contributed by atoms with Crippen LogP contribution in [0.4, 0.5) is 5.69 Å². The molecule has 0 saturated carbocycles. The lowest BCUT2D eigenvalue weighted by Gasteiger charge is -2.19. The van der Waals surface area contributed by atoms with Gasteiger partial charge in [0, 0.05) is 0 Å². The summed E-state index contributed by atoms with van der Waals surface area (Å²) in [6, 6.07) is 7.81. The van der Waals surface area contributed by atoms with E-state index in [0.717, 1.165) is 17.7 Å². The third-order valence-electron chi connectivity index (χ3n) is 3.05. The molecule has 2 aromatic rings. The Morgan fingerprint density at radius 3 is 2.70 bits per heavy atom. The second kappa shape index (κ2) is 6.43. The molecule has 0 aliphatic carbocycles. The molecule has 0 radical (unpaired) electrons. The average Bonchev–Trinajstić information content (AvgIpc) is 2.49. The zero-order valence-corrected chi connectivity index (χ0v) is 12.1. The van der Waals surface area contributed by atoms with Gasteiger partial charge in [-0.25, -0.2) is 5.10 Å². The van der Waals surface area contributed by atoms with Crippen molar-refractivity contribution in [3.8, 4) is 5.75 Å². The largest absolute Gasteiger partial charge is 0.497 e. The molecule has 2 rings (SSSR count). The second-order valence-electron chi connectivity index (χ2n) is 4.31. The van der Waals surface area contributed by atoms with Crippen molar-refractivity contribution in [3.63, 3.8) is 0 Å². The van der Waals surface area contributed by atoms with E-state index in [4.69, 9.17) is 16.3 Å². The van der Waals surface area contributed by atoms with Gasteiger partial charge in [-0.15, -0.1) is 0 Å². The number of hydrogen-bond acceptors (Lipinski definition) is 4. The maximum absolute atomic E-state index is 11.4. The van der Waals surface area contributed by atoms with E-state index in [1.807, 2.05) is 24.3 Å². The first-order valence-corrected chi connectivity index (χ1v) is 6.67. The van der Waals surface area contributed by atoms with Crippen LogP contribution in [0, 0.1) is 0 Å². The third-order valence-corrected chi connectivity index (χ3v) is 3.43. The SMILES string of the molecule is CCC(Nc1cn[nH]c(=O)c1Cl)c1ccc(OC)cc1. The summed E-state index contributed by atoms with van der Waals surface area (Å²) >= 11 is 5.96. The monoisotopic (exact) mass is 293 g/mol. The Kier molecular flexibility index (Phi) is 4.63. The van der Waals surface area contributed by atoms with E-state index < -0.39 is 5.56 Å². The second-order valence-corrected chi connectivity index (χ2v) is 4.68. The Bertz CT molecular complexity index is 625. The molecule has 106 valence electrons. The number of rotatable bonds is 5. The van der Waals surface area contributed by atoms with Gasteiger partial charge in [0.25, 0.3) is 5.56 Å². The van der Waals surface area contributed by atoms with Crippen LogP contribution in [0.3, 0.4) is 0 Å². The molecular formula is C14H16ClN3O2. The Labute approximate surface area is 121 Å². The minimum atomic E-state index is -0.402. The number of anilines is 1. The number of aromatic nitrogens is 2. The van der Waals surface area contributed by atoms with E-state index >= 15 is 0 Å². The topological polar surface area (TPSA) is 67.0 Å². The first-order chi connectivity index (χ1) is 9.65. The summed E-state index contributed by atoms with van der Waals surface area (Å²) in [7, 11) is 1.63. The Morgan fingerprint density at radius 1 is 1.40 bits per heavy atom. The first kappa shape index (κ1) is 14.4. The molecular weight excluding hydrogens is 278 g/mol. The highest BCUT2D eigenvalue weighted by Gasteiger charge is 2.12. The number of aromatic amines is 1. The predicted octanol–water partition coefficient (Wildman–Crippen LogP) is 3.00.